The molecular formula is C12H15NO2. The highest BCUT2D eigenvalue weighted by Gasteiger charge is 2.39. The Hall–Kier alpha value is -1.51. The summed E-state index contributed by atoms with van der Waals surface area (Å²) in [5.41, 5.74) is 0.951. The number of carbonyl (C=O) groups excluding carboxylic acids is 1. The molecule has 1 saturated heterocycles. The van der Waals surface area contributed by atoms with Crippen LogP contribution in [0.4, 0.5) is 0 Å². The van der Waals surface area contributed by atoms with Crippen molar-refractivity contribution in [1.29, 1.82) is 0 Å². The van der Waals surface area contributed by atoms with E-state index in [1.165, 1.54) is 0 Å². The van der Waals surface area contributed by atoms with E-state index in [-0.39, 0.29) is 11.4 Å². The van der Waals surface area contributed by atoms with Crippen LogP contribution in [-0.4, -0.2) is 12.5 Å². The van der Waals surface area contributed by atoms with Crippen LogP contribution in [0.25, 0.3) is 0 Å². The van der Waals surface area contributed by atoms with Crippen molar-refractivity contribution in [2.45, 2.75) is 25.8 Å². The van der Waals surface area contributed by atoms with Gasteiger partial charge in [-0.1, -0.05) is 12.1 Å². The molecule has 3 heteroatoms. The molecule has 1 aliphatic rings. The highest BCUT2D eigenvalue weighted by Crippen LogP contribution is 2.32. The minimum atomic E-state index is -0.179. The zero-order valence-electron chi connectivity index (χ0n) is 9.04. The van der Waals surface area contributed by atoms with Crippen molar-refractivity contribution in [3.63, 3.8) is 0 Å². The smallest absolute Gasteiger partial charge is 0.223 e. The van der Waals surface area contributed by atoms with E-state index in [0.29, 0.717) is 13.0 Å². The van der Waals surface area contributed by atoms with E-state index in [2.05, 4.69) is 5.32 Å². The second-order valence-corrected chi connectivity index (χ2v) is 4.01. The second-order valence-electron chi connectivity index (χ2n) is 4.01. The summed E-state index contributed by atoms with van der Waals surface area (Å²) in [6.07, 6.45) is 0.570. The van der Waals surface area contributed by atoms with Gasteiger partial charge in [-0.15, -0.1) is 0 Å². The number of β-lactam (4-membered cyclic amide) rings is 1. The van der Waals surface area contributed by atoms with Crippen molar-refractivity contribution in [3.8, 4) is 5.75 Å². The van der Waals surface area contributed by atoms with Crippen molar-refractivity contribution in [3.05, 3.63) is 29.8 Å². The maximum Gasteiger partial charge on any atom is 0.223 e. The van der Waals surface area contributed by atoms with E-state index < -0.39 is 0 Å². The molecule has 2 rings (SSSR count). The fourth-order valence-electron chi connectivity index (χ4n) is 1.87. The Labute approximate surface area is 89.4 Å². The molecule has 0 saturated carbocycles. The van der Waals surface area contributed by atoms with Crippen molar-refractivity contribution in [2.75, 3.05) is 6.61 Å². The molecule has 0 radical (unpaired) electrons. The average molecular weight is 205 g/mol. The summed E-state index contributed by atoms with van der Waals surface area (Å²) in [5.74, 6) is 0.988. The largest absolute Gasteiger partial charge is 0.494 e. The minimum Gasteiger partial charge on any atom is -0.494 e. The van der Waals surface area contributed by atoms with Crippen LogP contribution in [-0.2, 0) is 10.3 Å². The van der Waals surface area contributed by atoms with Crippen LogP contribution in [0.1, 0.15) is 25.8 Å². The Morgan fingerprint density at radius 3 is 2.47 bits per heavy atom. The number of ether oxygens (including phenoxy) is 1. The van der Waals surface area contributed by atoms with Crippen molar-refractivity contribution in [1.82, 2.24) is 5.32 Å². The van der Waals surface area contributed by atoms with Gasteiger partial charge in [-0.2, -0.15) is 0 Å². The lowest BCUT2D eigenvalue weighted by atomic mass is 9.82. The fourth-order valence-corrected chi connectivity index (χ4v) is 1.87. The molecular weight excluding hydrogens is 190 g/mol. The number of nitrogens with one attached hydrogen (secondary N) is 1. The first kappa shape index (κ1) is 10.0. The van der Waals surface area contributed by atoms with Crippen LogP contribution in [0.2, 0.25) is 0 Å². The first-order valence-electron chi connectivity index (χ1n) is 5.18. The number of rotatable bonds is 3. The monoisotopic (exact) mass is 205 g/mol. The average Bonchev–Trinajstić information content (AvgIpc) is 2.17. The van der Waals surface area contributed by atoms with Gasteiger partial charge in [0.05, 0.1) is 18.6 Å². The van der Waals surface area contributed by atoms with Gasteiger partial charge >= 0.3 is 0 Å². The molecule has 1 amide bonds. The first-order chi connectivity index (χ1) is 7.14. The Bertz CT molecular complexity index is 362. The lowest BCUT2D eigenvalue weighted by molar-refractivity contribution is -0.132. The van der Waals surface area contributed by atoms with Crippen molar-refractivity contribution in [2.24, 2.45) is 0 Å². The molecule has 0 spiro atoms. The van der Waals surface area contributed by atoms with Crippen LogP contribution in [0.5, 0.6) is 5.75 Å². The van der Waals surface area contributed by atoms with E-state index in [1.807, 2.05) is 38.1 Å². The highest BCUT2D eigenvalue weighted by molar-refractivity contribution is 5.85. The van der Waals surface area contributed by atoms with Crippen LogP contribution in [0.3, 0.4) is 0 Å². The number of amides is 1. The third kappa shape index (κ3) is 1.82. The number of carbonyl (C=O) groups is 1. The Morgan fingerprint density at radius 2 is 2.00 bits per heavy atom. The molecule has 1 heterocycles. The van der Waals surface area contributed by atoms with Crippen molar-refractivity contribution < 1.29 is 9.53 Å². The second kappa shape index (κ2) is 3.57. The number of hydrogen-bond donors (Lipinski definition) is 1. The van der Waals surface area contributed by atoms with Crippen LogP contribution < -0.4 is 10.1 Å². The number of hydrogen-bond acceptors (Lipinski definition) is 2. The molecule has 1 fully saturated rings. The standard InChI is InChI=1S/C12H15NO2/c1-3-15-10-6-4-9(5-7-10)12(2)8-11(14)13-12/h4-7H,3,8H2,1-2H3,(H,13,14). The molecule has 1 atom stereocenters. The van der Waals surface area contributed by atoms with Crippen LogP contribution in [0.15, 0.2) is 24.3 Å². The molecule has 1 unspecified atom stereocenters. The van der Waals surface area contributed by atoms with E-state index in [1.54, 1.807) is 0 Å². The van der Waals surface area contributed by atoms with Gasteiger partial charge in [0.25, 0.3) is 0 Å². The van der Waals surface area contributed by atoms with Gasteiger partial charge in [0, 0.05) is 0 Å². The molecule has 0 bridgehead atoms. The van der Waals surface area contributed by atoms with E-state index >= 15 is 0 Å². The molecule has 1 aliphatic heterocycles. The van der Waals surface area contributed by atoms with Gasteiger partial charge < -0.3 is 10.1 Å². The molecule has 1 aromatic carbocycles. The Balaban J connectivity index is 2.13. The summed E-state index contributed by atoms with van der Waals surface area (Å²) in [7, 11) is 0. The summed E-state index contributed by atoms with van der Waals surface area (Å²) in [6.45, 7) is 4.67. The molecule has 1 N–H and O–H groups in total. The molecule has 15 heavy (non-hydrogen) atoms. The van der Waals surface area contributed by atoms with Gasteiger partial charge in [-0.3, -0.25) is 4.79 Å². The quantitative estimate of drug-likeness (QED) is 0.764. The molecule has 80 valence electrons. The summed E-state index contributed by atoms with van der Waals surface area (Å²) >= 11 is 0. The van der Waals surface area contributed by atoms with Gasteiger partial charge in [0.1, 0.15) is 5.75 Å². The lowest BCUT2D eigenvalue weighted by Gasteiger charge is -2.39. The van der Waals surface area contributed by atoms with Crippen LogP contribution in [0, 0.1) is 0 Å². The molecule has 1 aromatic rings. The number of benzene rings is 1. The predicted octanol–water partition coefficient (Wildman–Crippen LogP) is 1.82. The lowest BCUT2D eigenvalue weighted by Crippen LogP contribution is -2.56. The Kier molecular flexibility index (Phi) is 2.39. The summed E-state index contributed by atoms with van der Waals surface area (Å²) in [4.78, 5) is 10.9. The normalized spacial score (nSPS) is 24.3. The fraction of sp³-hybridized carbons (Fsp3) is 0.417. The Morgan fingerprint density at radius 1 is 1.40 bits per heavy atom. The third-order valence-electron chi connectivity index (χ3n) is 2.73. The van der Waals surface area contributed by atoms with Gasteiger partial charge in [-0.05, 0) is 31.5 Å². The van der Waals surface area contributed by atoms with Crippen molar-refractivity contribution >= 4 is 5.91 Å². The van der Waals surface area contributed by atoms with Gasteiger partial charge in [0.2, 0.25) is 5.91 Å². The summed E-state index contributed by atoms with van der Waals surface area (Å²) < 4.78 is 5.36. The summed E-state index contributed by atoms with van der Waals surface area (Å²) in [6, 6.07) is 7.89. The zero-order chi connectivity index (χ0) is 10.9. The van der Waals surface area contributed by atoms with Gasteiger partial charge in [-0.25, -0.2) is 0 Å². The van der Waals surface area contributed by atoms with E-state index in [9.17, 15) is 4.79 Å². The molecule has 0 aromatic heterocycles. The van der Waals surface area contributed by atoms with Crippen LogP contribution >= 0.6 is 0 Å². The predicted molar refractivity (Wildman–Crippen MR) is 57.7 cm³/mol. The highest BCUT2D eigenvalue weighted by atomic mass is 16.5. The maximum absolute atomic E-state index is 10.9. The zero-order valence-corrected chi connectivity index (χ0v) is 9.04. The summed E-state index contributed by atoms with van der Waals surface area (Å²) in [5, 5.41) is 2.91. The third-order valence-corrected chi connectivity index (χ3v) is 2.73. The topological polar surface area (TPSA) is 38.3 Å². The first-order valence-corrected chi connectivity index (χ1v) is 5.18. The van der Waals surface area contributed by atoms with Gasteiger partial charge in [0.15, 0.2) is 0 Å². The molecule has 0 aliphatic carbocycles. The maximum atomic E-state index is 10.9. The molecule has 3 nitrogen and oxygen atoms in total. The SMILES string of the molecule is CCOc1ccc(C2(C)CC(=O)N2)cc1. The minimum absolute atomic E-state index is 0.117. The van der Waals surface area contributed by atoms with E-state index in [0.717, 1.165) is 11.3 Å². The van der Waals surface area contributed by atoms with E-state index in [4.69, 9.17) is 4.74 Å².